The van der Waals surface area contributed by atoms with Crippen LogP contribution in [0.4, 0.5) is 0 Å². The zero-order valence-electron chi connectivity index (χ0n) is 14.2. The monoisotopic (exact) mass is 368 g/mol. The van der Waals surface area contributed by atoms with E-state index in [2.05, 4.69) is 10.2 Å². The molecule has 138 valence electrons. The Morgan fingerprint density at radius 2 is 2.04 bits per heavy atom. The summed E-state index contributed by atoms with van der Waals surface area (Å²) in [6.07, 6.45) is 2.66. The van der Waals surface area contributed by atoms with Crippen LogP contribution in [0.2, 0.25) is 0 Å². The predicted octanol–water partition coefficient (Wildman–Crippen LogP) is 0.0440. The number of hydrogen-bond acceptors (Lipinski definition) is 6. The first kappa shape index (κ1) is 18.3. The van der Waals surface area contributed by atoms with Crippen molar-refractivity contribution >= 4 is 15.7 Å². The number of aliphatic hydroxyl groups excluding tert-OH is 1. The average Bonchev–Trinajstić information content (AvgIpc) is 2.96. The number of benzene rings is 1. The SMILES string of the molecule is CS(=O)(=O)c1ccc(C(=O)N[C@H]2C[C@H]3CO[C@@H](CCO)CN3C2)cc1. The lowest BCUT2D eigenvalue weighted by Gasteiger charge is -2.34. The minimum absolute atomic E-state index is 0.0450. The largest absolute Gasteiger partial charge is 0.396 e. The summed E-state index contributed by atoms with van der Waals surface area (Å²) >= 11 is 0. The van der Waals surface area contributed by atoms with E-state index in [1.807, 2.05) is 0 Å². The first-order chi connectivity index (χ1) is 11.9. The Kier molecular flexibility index (Phi) is 5.43. The number of morpholine rings is 1. The Balaban J connectivity index is 1.57. The number of hydrogen-bond donors (Lipinski definition) is 2. The van der Waals surface area contributed by atoms with Gasteiger partial charge < -0.3 is 15.2 Å². The van der Waals surface area contributed by atoms with Gasteiger partial charge >= 0.3 is 0 Å². The minimum Gasteiger partial charge on any atom is -0.396 e. The number of fused-ring (bicyclic) bond motifs is 1. The molecule has 3 atom stereocenters. The molecule has 2 saturated heterocycles. The second kappa shape index (κ2) is 7.41. The molecular weight excluding hydrogens is 344 g/mol. The third-order valence-electron chi connectivity index (χ3n) is 4.82. The molecule has 7 nitrogen and oxygen atoms in total. The van der Waals surface area contributed by atoms with Gasteiger partial charge in [0.05, 0.1) is 17.6 Å². The fourth-order valence-corrected chi connectivity index (χ4v) is 4.12. The topological polar surface area (TPSA) is 95.9 Å². The standard InChI is InChI=1S/C17H24N2O5S/c1-25(22,23)16-4-2-12(3-5-16)17(21)18-13-8-14-11-24-15(6-7-20)10-19(14)9-13/h2-5,13-15,20H,6-11H2,1H3,(H,18,21)/t13-,14-,15-/m0/s1. The van der Waals surface area contributed by atoms with E-state index < -0.39 is 9.84 Å². The van der Waals surface area contributed by atoms with Crippen LogP contribution in [0.3, 0.4) is 0 Å². The second-order valence-electron chi connectivity index (χ2n) is 6.78. The number of rotatable bonds is 5. The summed E-state index contributed by atoms with van der Waals surface area (Å²) in [4.78, 5) is 14.9. The van der Waals surface area contributed by atoms with Crippen LogP contribution >= 0.6 is 0 Å². The first-order valence-electron chi connectivity index (χ1n) is 8.44. The molecule has 2 aliphatic heterocycles. The molecule has 0 unspecified atom stereocenters. The Labute approximate surface area is 147 Å². The summed E-state index contributed by atoms with van der Waals surface area (Å²) in [5.74, 6) is -0.197. The minimum atomic E-state index is -3.26. The van der Waals surface area contributed by atoms with Crippen molar-refractivity contribution in [1.82, 2.24) is 10.2 Å². The van der Waals surface area contributed by atoms with E-state index in [9.17, 15) is 13.2 Å². The van der Waals surface area contributed by atoms with E-state index in [-0.39, 0.29) is 29.6 Å². The lowest BCUT2D eigenvalue weighted by atomic mass is 10.1. The van der Waals surface area contributed by atoms with Gasteiger partial charge in [0, 0.05) is 43.6 Å². The molecular formula is C17H24N2O5S. The highest BCUT2D eigenvalue weighted by Crippen LogP contribution is 2.24. The quantitative estimate of drug-likeness (QED) is 0.762. The molecule has 8 heteroatoms. The average molecular weight is 368 g/mol. The van der Waals surface area contributed by atoms with E-state index >= 15 is 0 Å². The van der Waals surface area contributed by atoms with Crippen LogP contribution in [0.1, 0.15) is 23.2 Å². The highest BCUT2D eigenvalue weighted by Gasteiger charge is 2.37. The van der Waals surface area contributed by atoms with Crippen molar-refractivity contribution in [2.24, 2.45) is 0 Å². The summed E-state index contributed by atoms with van der Waals surface area (Å²) in [6.45, 7) is 2.29. The highest BCUT2D eigenvalue weighted by molar-refractivity contribution is 7.90. The molecule has 0 saturated carbocycles. The van der Waals surface area contributed by atoms with E-state index in [1.165, 1.54) is 24.3 Å². The fraction of sp³-hybridized carbons (Fsp3) is 0.588. The van der Waals surface area contributed by atoms with Gasteiger partial charge in [0.1, 0.15) is 0 Å². The van der Waals surface area contributed by atoms with E-state index in [0.29, 0.717) is 24.6 Å². The molecule has 0 aliphatic carbocycles. The number of ether oxygens (including phenoxy) is 1. The number of nitrogens with zero attached hydrogens (tertiary/aromatic N) is 1. The summed E-state index contributed by atoms with van der Waals surface area (Å²) in [7, 11) is -3.26. The molecule has 2 N–H and O–H groups in total. The third-order valence-corrected chi connectivity index (χ3v) is 5.95. The van der Waals surface area contributed by atoms with Crippen molar-refractivity contribution in [2.75, 3.05) is 32.6 Å². The third kappa shape index (κ3) is 4.38. The second-order valence-corrected chi connectivity index (χ2v) is 8.79. The zero-order chi connectivity index (χ0) is 18.0. The van der Waals surface area contributed by atoms with Crippen LogP contribution in [-0.2, 0) is 14.6 Å². The van der Waals surface area contributed by atoms with E-state index in [0.717, 1.165) is 25.8 Å². The molecule has 25 heavy (non-hydrogen) atoms. The van der Waals surface area contributed by atoms with Crippen LogP contribution in [-0.4, -0.2) is 75.1 Å². The summed E-state index contributed by atoms with van der Waals surface area (Å²) in [5, 5.41) is 12.1. The first-order valence-corrected chi connectivity index (χ1v) is 10.3. The molecule has 1 amide bonds. The smallest absolute Gasteiger partial charge is 0.251 e. The van der Waals surface area contributed by atoms with Gasteiger partial charge in [-0.15, -0.1) is 0 Å². The molecule has 0 spiro atoms. The molecule has 3 rings (SSSR count). The van der Waals surface area contributed by atoms with Crippen LogP contribution < -0.4 is 5.32 Å². The van der Waals surface area contributed by atoms with Crippen molar-refractivity contribution in [3.05, 3.63) is 29.8 Å². The maximum Gasteiger partial charge on any atom is 0.251 e. The van der Waals surface area contributed by atoms with Crippen LogP contribution in [0.5, 0.6) is 0 Å². The summed E-state index contributed by atoms with van der Waals surface area (Å²) in [6, 6.07) is 6.32. The van der Waals surface area contributed by atoms with Crippen molar-refractivity contribution in [3.8, 4) is 0 Å². The number of carbonyl (C=O) groups excluding carboxylic acids is 1. The van der Waals surface area contributed by atoms with Gasteiger partial charge in [-0.05, 0) is 37.1 Å². The van der Waals surface area contributed by atoms with Gasteiger partial charge in [-0.3, -0.25) is 9.69 Å². The van der Waals surface area contributed by atoms with Gasteiger partial charge in [0.2, 0.25) is 0 Å². The fourth-order valence-electron chi connectivity index (χ4n) is 3.49. The molecule has 1 aromatic rings. The maximum atomic E-state index is 12.4. The molecule has 0 aromatic heterocycles. The molecule has 0 bridgehead atoms. The number of amides is 1. The number of carbonyl (C=O) groups is 1. The molecule has 2 heterocycles. The van der Waals surface area contributed by atoms with Gasteiger partial charge in [-0.25, -0.2) is 8.42 Å². The highest BCUT2D eigenvalue weighted by atomic mass is 32.2. The van der Waals surface area contributed by atoms with Crippen molar-refractivity contribution < 1.29 is 23.1 Å². The summed E-state index contributed by atoms with van der Waals surface area (Å²) < 4.78 is 28.7. The summed E-state index contributed by atoms with van der Waals surface area (Å²) in [5.41, 5.74) is 0.451. The van der Waals surface area contributed by atoms with Crippen LogP contribution in [0, 0.1) is 0 Å². The van der Waals surface area contributed by atoms with Gasteiger partial charge in [0.25, 0.3) is 5.91 Å². The number of sulfone groups is 1. The van der Waals surface area contributed by atoms with Gasteiger partial charge in [-0.1, -0.05) is 0 Å². The Bertz CT molecular complexity index is 719. The van der Waals surface area contributed by atoms with Gasteiger partial charge in [-0.2, -0.15) is 0 Å². The molecule has 2 aliphatic rings. The number of aliphatic hydroxyl groups is 1. The van der Waals surface area contributed by atoms with Crippen LogP contribution in [0.15, 0.2) is 29.2 Å². The lowest BCUT2D eigenvalue weighted by molar-refractivity contribution is -0.0566. The van der Waals surface area contributed by atoms with Crippen molar-refractivity contribution in [2.45, 2.75) is 35.9 Å². The van der Waals surface area contributed by atoms with E-state index in [1.54, 1.807) is 0 Å². The molecule has 2 fully saturated rings. The van der Waals surface area contributed by atoms with Crippen molar-refractivity contribution in [1.29, 1.82) is 0 Å². The lowest BCUT2D eigenvalue weighted by Crippen LogP contribution is -2.46. The predicted molar refractivity (Wildman–Crippen MR) is 92.2 cm³/mol. The maximum absolute atomic E-state index is 12.4. The van der Waals surface area contributed by atoms with Gasteiger partial charge in [0.15, 0.2) is 9.84 Å². The van der Waals surface area contributed by atoms with Crippen molar-refractivity contribution in [3.63, 3.8) is 0 Å². The Hall–Kier alpha value is -1.48. The molecule has 1 aromatic carbocycles. The number of nitrogens with one attached hydrogen (secondary N) is 1. The normalized spacial score (nSPS) is 27.0. The Morgan fingerprint density at radius 1 is 1.32 bits per heavy atom. The molecule has 0 radical (unpaired) electrons. The zero-order valence-corrected chi connectivity index (χ0v) is 15.0. The van der Waals surface area contributed by atoms with Crippen LogP contribution in [0.25, 0.3) is 0 Å². The van der Waals surface area contributed by atoms with E-state index in [4.69, 9.17) is 9.84 Å². The Morgan fingerprint density at radius 3 is 2.68 bits per heavy atom.